The summed E-state index contributed by atoms with van der Waals surface area (Å²) in [6, 6.07) is 62.2. The standard InChI is InChI=1S/C22H21N5O2S.C21H22N2O3.C20H22N2O2.C13H16N2O/c28-15-27-14-22(17-8-4-5-9-18(17)27)10-12-26(13-11-22)21(29)23-20-25-24-19(30-20)16-6-2-1-3-7-16;24-16-23-15-21(18-8-4-5-9-19(18)23)10-12-22(13-11-21)20(25)26-14-17-6-2-1-3-7-17;23-19(24-14-16-6-2-1-3-7-16)22-12-10-20(11-13-22)15-21-18-9-5-4-8-17(18)20;16-10-15-9-13(5-7-14-8-6-13)11-3-1-2-4-12(11)15/h1-9,15H,10-14H2,(H,23,25,29);1-9,16H,10-15H2;1-9,21H,10-15H2;1-4,10,14H,5-9H2. The first-order valence-corrected chi connectivity index (χ1v) is 34.2. The summed E-state index contributed by atoms with van der Waals surface area (Å²) in [6.45, 7) is 10.0. The largest absolute Gasteiger partial charge is 0.445 e. The summed E-state index contributed by atoms with van der Waals surface area (Å²) in [5.41, 5.74) is 12.8. The lowest BCUT2D eigenvalue weighted by Gasteiger charge is -2.39. The van der Waals surface area contributed by atoms with Gasteiger partial charge >= 0.3 is 18.2 Å². The van der Waals surface area contributed by atoms with E-state index in [1.807, 2.05) is 148 Å². The normalized spacial score (nSPS) is 18.4. The van der Waals surface area contributed by atoms with E-state index in [0.717, 1.165) is 149 Å². The Hall–Kier alpha value is -9.92. The molecule has 0 radical (unpaired) electrons. The highest BCUT2D eigenvalue weighted by molar-refractivity contribution is 7.18. The third-order valence-electron chi connectivity index (χ3n) is 20.9. The Bertz CT molecular complexity index is 4020. The van der Waals surface area contributed by atoms with Crippen LogP contribution in [0.3, 0.4) is 0 Å². The number of anilines is 5. The quantitative estimate of drug-likeness (QED) is 0.116. The van der Waals surface area contributed by atoms with Crippen LogP contribution in [0.2, 0.25) is 0 Å². The first-order chi connectivity index (χ1) is 47.0. The van der Waals surface area contributed by atoms with Crippen LogP contribution in [0, 0.1) is 0 Å². The number of rotatable bonds is 9. The van der Waals surface area contributed by atoms with Crippen molar-refractivity contribution in [2.24, 2.45) is 0 Å². The molecule has 0 atom stereocenters. The number of nitrogens with one attached hydrogen (secondary N) is 3. The van der Waals surface area contributed by atoms with Crippen molar-refractivity contribution in [3.05, 3.63) is 221 Å². The molecule has 0 saturated carbocycles. The second-order valence-electron chi connectivity index (χ2n) is 26.3. The van der Waals surface area contributed by atoms with Crippen LogP contribution in [0.25, 0.3) is 10.6 Å². The van der Waals surface area contributed by atoms with E-state index in [2.05, 4.69) is 80.7 Å². The molecule has 20 heteroatoms. The zero-order valence-corrected chi connectivity index (χ0v) is 54.8. The van der Waals surface area contributed by atoms with Crippen molar-refractivity contribution in [2.75, 3.05) is 104 Å². The van der Waals surface area contributed by atoms with Gasteiger partial charge in [0.1, 0.15) is 18.2 Å². The SMILES string of the molecule is O=C(OCc1ccccc1)N1CCC2(CC1)CNc1ccccc12.O=CN1CC2(CCN(C(=O)Nc3nnc(-c4ccccc4)s3)CC2)c2ccccc21.O=CN1CC2(CCN(C(=O)OCc3ccccc3)CC2)c2ccccc21.O=CN1CC2(CCNCC2)c2ccccc21. The fraction of sp³-hybridized carbons (Fsp3) is 0.342. The number of urea groups is 1. The van der Waals surface area contributed by atoms with E-state index >= 15 is 0 Å². The number of likely N-dealkylation sites (tertiary alicyclic amines) is 3. The van der Waals surface area contributed by atoms with E-state index in [4.69, 9.17) is 9.47 Å². The Morgan fingerprint density at radius 3 is 1.29 bits per heavy atom. The molecule has 96 heavy (non-hydrogen) atoms. The molecule has 9 heterocycles. The molecular weight excluding hydrogens is 1230 g/mol. The molecule has 7 aromatic carbocycles. The molecule has 0 aliphatic carbocycles. The van der Waals surface area contributed by atoms with Crippen molar-refractivity contribution in [3.63, 3.8) is 0 Å². The molecule has 1 aromatic heterocycles. The van der Waals surface area contributed by atoms with Crippen LogP contribution in [-0.4, -0.2) is 141 Å². The maximum atomic E-state index is 12.8. The lowest BCUT2D eigenvalue weighted by Crippen LogP contribution is -2.48. The van der Waals surface area contributed by atoms with Crippen molar-refractivity contribution < 1.29 is 38.2 Å². The van der Waals surface area contributed by atoms with Crippen molar-refractivity contribution in [1.82, 2.24) is 30.2 Å². The van der Waals surface area contributed by atoms with E-state index in [1.165, 1.54) is 39.3 Å². The van der Waals surface area contributed by atoms with Crippen LogP contribution in [0.4, 0.5) is 42.3 Å². The van der Waals surface area contributed by atoms with Crippen LogP contribution in [0.1, 0.15) is 84.7 Å². The summed E-state index contributed by atoms with van der Waals surface area (Å²) in [4.78, 5) is 82.4. The van der Waals surface area contributed by atoms with Gasteiger partial charge in [0, 0.05) is 115 Å². The fourth-order valence-electron chi connectivity index (χ4n) is 15.5. The van der Waals surface area contributed by atoms with Crippen LogP contribution >= 0.6 is 11.3 Å². The molecule has 16 rings (SSSR count). The first kappa shape index (κ1) is 64.8. The molecule has 8 aliphatic heterocycles. The zero-order valence-electron chi connectivity index (χ0n) is 53.9. The molecule has 494 valence electrons. The Morgan fingerprint density at radius 1 is 0.448 bits per heavy atom. The average Bonchev–Trinajstić information content (AvgIpc) is 1.62. The van der Waals surface area contributed by atoms with Gasteiger partial charge in [-0.25, -0.2) is 14.4 Å². The zero-order chi connectivity index (χ0) is 66.0. The van der Waals surface area contributed by atoms with Crippen LogP contribution in [0.5, 0.6) is 0 Å². The molecule has 8 aliphatic rings. The third kappa shape index (κ3) is 13.7. The number of carbonyl (C=O) groups is 6. The number of benzene rings is 7. The minimum absolute atomic E-state index is 0.0479. The minimum atomic E-state index is -0.262. The number of piperidine rings is 4. The monoisotopic (exact) mass is 1310 g/mol. The molecule has 19 nitrogen and oxygen atoms in total. The predicted octanol–water partition coefficient (Wildman–Crippen LogP) is 12.1. The maximum Gasteiger partial charge on any atom is 0.410 e. The summed E-state index contributed by atoms with van der Waals surface area (Å²) in [7, 11) is 0. The molecule has 0 unspecified atom stereocenters. The molecule has 8 aromatic rings. The fourth-order valence-corrected chi connectivity index (χ4v) is 16.3. The highest BCUT2D eigenvalue weighted by atomic mass is 32.1. The van der Waals surface area contributed by atoms with Crippen molar-refractivity contribution >= 4 is 76.7 Å². The number of hydrogen-bond donors (Lipinski definition) is 3. The molecule has 4 spiro atoms. The summed E-state index contributed by atoms with van der Waals surface area (Å²) in [6.07, 6.45) is 9.90. The van der Waals surface area contributed by atoms with Gasteiger partial charge in [0.2, 0.25) is 24.4 Å². The second-order valence-corrected chi connectivity index (χ2v) is 27.2. The summed E-state index contributed by atoms with van der Waals surface area (Å²) in [5, 5.41) is 19.4. The number of hydrogen-bond acceptors (Lipinski definition) is 13. The van der Waals surface area contributed by atoms with E-state index in [0.29, 0.717) is 57.6 Å². The number of aromatic nitrogens is 2. The number of nitrogens with zero attached hydrogens (tertiary/aromatic N) is 8. The molecule has 0 bridgehead atoms. The van der Waals surface area contributed by atoms with E-state index in [-0.39, 0.29) is 39.9 Å². The summed E-state index contributed by atoms with van der Waals surface area (Å²) in [5.74, 6) is 0. The molecule has 7 amide bonds. The highest BCUT2D eigenvalue weighted by Crippen LogP contribution is 2.49. The van der Waals surface area contributed by atoms with Gasteiger partial charge in [-0.05, 0) is 122 Å². The lowest BCUT2D eigenvalue weighted by molar-refractivity contribution is -0.108. The van der Waals surface area contributed by atoms with Crippen LogP contribution in [0.15, 0.2) is 188 Å². The van der Waals surface area contributed by atoms with Gasteiger partial charge < -0.3 is 49.5 Å². The predicted molar refractivity (Wildman–Crippen MR) is 373 cm³/mol. The Labute approximate surface area is 564 Å². The second kappa shape index (κ2) is 29.0. The number of fused-ring (bicyclic) bond motifs is 8. The third-order valence-corrected chi connectivity index (χ3v) is 21.8. The molecule has 4 fully saturated rings. The van der Waals surface area contributed by atoms with Gasteiger partial charge in [0.25, 0.3) is 0 Å². The summed E-state index contributed by atoms with van der Waals surface area (Å²) >= 11 is 1.36. The topological polar surface area (TPSA) is 202 Å². The van der Waals surface area contributed by atoms with Gasteiger partial charge in [0.05, 0.1) is 0 Å². The Morgan fingerprint density at radius 2 is 0.833 bits per heavy atom. The smallest absolute Gasteiger partial charge is 0.410 e. The van der Waals surface area contributed by atoms with Gasteiger partial charge in [-0.1, -0.05) is 175 Å². The minimum Gasteiger partial charge on any atom is -0.445 e. The maximum absolute atomic E-state index is 12.8. The van der Waals surface area contributed by atoms with E-state index < -0.39 is 0 Å². The van der Waals surface area contributed by atoms with Gasteiger partial charge in [0.15, 0.2) is 0 Å². The summed E-state index contributed by atoms with van der Waals surface area (Å²) < 4.78 is 10.9. The van der Waals surface area contributed by atoms with Crippen molar-refractivity contribution in [3.8, 4) is 10.6 Å². The van der Waals surface area contributed by atoms with Crippen molar-refractivity contribution in [2.45, 2.75) is 86.2 Å². The highest BCUT2D eigenvalue weighted by Gasteiger charge is 2.48. The van der Waals surface area contributed by atoms with Crippen molar-refractivity contribution in [1.29, 1.82) is 0 Å². The lowest BCUT2D eigenvalue weighted by atomic mass is 9.74. The van der Waals surface area contributed by atoms with E-state index in [9.17, 15) is 28.8 Å². The van der Waals surface area contributed by atoms with Crippen LogP contribution < -0.4 is 30.7 Å². The first-order valence-electron chi connectivity index (χ1n) is 33.4. The van der Waals surface area contributed by atoms with Gasteiger partial charge in [-0.2, -0.15) is 0 Å². The number of ether oxygens (including phenoxy) is 2. The molecular formula is C76H81N11O8S. The van der Waals surface area contributed by atoms with Gasteiger partial charge in [-0.3, -0.25) is 19.7 Å². The van der Waals surface area contributed by atoms with Crippen LogP contribution in [-0.2, 0) is 58.7 Å². The number of amides is 7. The number of para-hydroxylation sites is 4. The van der Waals surface area contributed by atoms with E-state index in [1.54, 1.807) is 14.7 Å². The number of carbonyl (C=O) groups excluding carboxylic acids is 6. The molecule has 4 saturated heterocycles. The average molecular weight is 1310 g/mol. The van der Waals surface area contributed by atoms with Gasteiger partial charge in [-0.15, -0.1) is 10.2 Å². The molecule has 3 N–H and O–H groups in total. The Balaban J connectivity index is 0.000000118. The Kier molecular flexibility index (Phi) is 19.5.